The number of benzene rings is 2. The molecule has 0 saturated carbocycles. The van der Waals surface area contributed by atoms with Crippen LogP contribution in [0.3, 0.4) is 0 Å². The van der Waals surface area contributed by atoms with Crippen LogP contribution in [-0.2, 0) is 29.4 Å². The highest BCUT2D eigenvalue weighted by atomic mass is 32.2. The van der Waals surface area contributed by atoms with Crippen molar-refractivity contribution in [1.29, 1.82) is 0 Å². The Balaban J connectivity index is 1.36. The number of aromatic nitrogens is 2. The molecule has 0 atom stereocenters. The fourth-order valence-corrected chi connectivity index (χ4v) is 6.22. The van der Waals surface area contributed by atoms with Crippen molar-refractivity contribution in [2.24, 2.45) is 0 Å². The molecule has 4 aromatic rings. The molecule has 0 fully saturated rings. The highest BCUT2D eigenvalue weighted by Gasteiger charge is 2.19. The third kappa shape index (κ3) is 3.91. The first kappa shape index (κ1) is 20.4. The Morgan fingerprint density at radius 2 is 1.84 bits per heavy atom. The zero-order valence-corrected chi connectivity index (χ0v) is 18.7. The monoisotopic (exact) mass is 455 g/mol. The highest BCUT2D eigenvalue weighted by molar-refractivity contribution is 7.89. The van der Waals surface area contributed by atoms with Gasteiger partial charge in [0.1, 0.15) is 5.82 Å². The predicted molar refractivity (Wildman–Crippen MR) is 120 cm³/mol. The molecule has 31 heavy (non-hydrogen) atoms. The van der Waals surface area contributed by atoms with E-state index in [1.807, 2.05) is 29.7 Å². The number of rotatable bonds is 5. The van der Waals surface area contributed by atoms with Crippen molar-refractivity contribution in [2.75, 3.05) is 0 Å². The van der Waals surface area contributed by atoms with Gasteiger partial charge in [0.15, 0.2) is 4.96 Å². The molecule has 1 N–H and O–H groups in total. The zero-order valence-electron chi connectivity index (χ0n) is 17.1. The summed E-state index contributed by atoms with van der Waals surface area (Å²) in [6.45, 7) is 2.16. The molecular formula is C23H22FN3O2S2. The van der Waals surface area contributed by atoms with Crippen molar-refractivity contribution in [2.45, 2.75) is 44.0 Å². The fourth-order valence-electron chi connectivity index (χ4n) is 4.04. The van der Waals surface area contributed by atoms with Crippen molar-refractivity contribution in [3.63, 3.8) is 0 Å². The lowest BCUT2D eigenvalue weighted by Crippen LogP contribution is -2.23. The van der Waals surface area contributed by atoms with E-state index < -0.39 is 10.0 Å². The van der Waals surface area contributed by atoms with E-state index in [1.54, 1.807) is 18.2 Å². The van der Waals surface area contributed by atoms with Gasteiger partial charge in [0, 0.05) is 28.9 Å². The first-order valence-electron chi connectivity index (χ1n) is 10.3. The van der Waals surface area contributed by atoms with Crippen LogP contribution in [-0.4, -0.2) is 17.8 Å². The van der Waals surface area contributed by atoms with Gasteiger partial charge in [-0.25, -0.2) is 22.5 Å². The van der Waals surface area contributed by atoms with Gasteiger partial charge in [-0.1, -0.05) is 17.4 Å². The minimum Gasteiger partial charge on any atom is -0.294 e. The molecule has 0 saturated heterocycles. The van der Waals surface area contributed by atoms with E-state index in [0.29, 0.717) is 4.90 Å². The summed E-state index contributed by atoms with van der Waals surface area (Å²) in [7, 11) is -3.59. The van der Waals surface area contributed by atoms with Gasteiger partial charge in [0.2, 0.25) is 10.0 Å². The molecule has 0 spiro atoms. The number of sulfonamides is 1. The number of aryl methyl sites for hydroxylation is 3. The van der Waals surface area contributed by atoms with Gasteiger partial charge in [0.25, 0.3) is 0 Å². The van der Waals surface area contributed by atoms with Crippen molar-refractivity contribution < 1.29 is 12.8 Å². The number of hydrogen-bond donors (Lipinski definition) is 1. The van der Waals surface area contributed by atoms with E-state index in [0.717, 1.165) is 51.6 Å². The topological polar surface area (TPSA) is 63.5 Å². The molecule has 160 valence electrons. The van der Waals surface area contributed by atoms with Crippen molar-refractivity contribution in [3.8, 4) is 11.3 Å². The Kier molecular flexibility index (Phi) is 5.16. The Bertz CT molecular complexity index is 1370. The van der Waals surface area contributed by atoms with Gasteiger partial charge in [0.05, 0.1) is 10.6 Å². The Hall–Kier alpha value is -2.55. The maximum Gasteiger partial charge on any atom is 0.240 e. The van der Waals surface area contributed by atoms with E-state index >= 15 is 0 Å². The van der Waals surface area contributed by atoms with Gasteiger partial charge in [-0.3, -0.25) is 4.40 Å². The lowest BCUT2D eigenvalue weighted by molar-refractivity contribution is 0.581. The third-order valence-electron chi connectivity index (χ3n) is 5.85. The number of nitrogens with one attached hydrogen (secondary N) is 1. The molecule has 2 aromatic heterocycles. The van der Waals surface area contributed by atoms with E-state index in [1.165, 1.54) is 35.5 Å². The van der Waals surface area contributed by atoms with Crippen LogP contribution in [0.15, 0.2) is 53.6 Å². The Morgan fingerprint density at radius 3 is 2.58 bits per heavy atom. The molecule has 0 radical (unpaired) electrons. The summed E-state index contributed by atoms with van der Waals surface area (Å²) in [4.78, 5) is 6.64. The maximum absolute atomic E-state index is 13.2. The van der Waals surface area contributed by atoms with Gasteiger partial charge in [-0.2, -0.15) is 0 Å². The highest BCUT2D eigenvalue weighted by Crippen LogP contribution is 2.28. The van der Waals surface area contributed by atoms with Gasteiger partial charge >= 0.3 is 0 Å². The number of thiazole rings is 1. The number of nitrogens with zero attached hydrogens (tertiary/aromatic N) is 2. The van der Waals surface area contributed by atoms with Crippen LogP contribution in [0.5, 0.6) is 0 Å². The largest absolute Gasteiger partial charge is 0.294 e. The standard InChI is InChI=1S/C23H22FN3O2S2/c1-15-22(30-23-26-21(14-27(15)23)17-6-9-19(24)10-7-17)13-25-31(28,29)20-11-8-16-4-2-3-5-18(16)12-20/h6-12,14,25H,2-5,13H2,1H3. The van der Waals surface area contributed by atoms with Crippen molar-refractivity contribution >= 4 is 26.3 Å². The van der Waals surface area contributed by atoms with Crippen LogP contribution in [0.1, 0.15) is 34.5 Å². The first-order chi connectivity index (χ1) is 14.9. The summed E-state index contributed by atoms with van der Waals surface area (Å²) >= 11 is 1.45. The van der Waals surface area contributed by atoms with Crippen molar-refractivity contribution in [1.82, 2.24) is 14.1 Å². The minimum atomic E-state index is -3.59. The molecule has 1 aliphatic carbocycles. The molecule has 8 heteroatoms. The number of fused-ring (bicyclic) bond motifs is 2. The van der Waals surface area contributed by atoms with Gasteiger partial charge in [-0.05, 0) is 80.1 Å². The summed E-state index contributed by atoms with van der Waals surface area (Å²) in [6, 6.07) is 11.7. The smallest absolute Gasteiger partial charge is 0.240 e. The second kappa shape index (κ2) is 7.85. The van der Waals surface area contributed by atoms with Gasteiger partial charge in [-0.15, -0.1) is 0 Å². The van der Waals surface area contributed by atoms with Crippen molar-refractivity contribution in [3.05, 3.63) is 76.2 Å². The molecule has 5 nitrogen and oxygen atoms in total. The van der Waals surface area contributed by atoms with E-state index in [4.69, 9.17) is 0 Å². The average molecular weight is 456 g/mol. The van der Waals surface area contributed by atoms with Crippen LogP contribution in [0.4, 0.5) is 4.39 Å². The van der Waals surface area contributed by atoms with Crippen LogP contribution < -0.4 is 4.72 Å². The molecule has 0 aliphatic heterocycles. The Labute approximate surface area is 184 Å². The minimum absolute atomic E-state index is 0.213. The molecule has 5 rings (SSSR count). The third-order valence-corrected chi connectivity index (χ3v) is 8.40. The summed E-state index contributed by atoms with van der Waals surface area (Å²) < 4.78 is 43.6. The van der Waals surface area contributed by atoms with E-state index in [2.05, 4.69) is 9.71 Å². The average Bonchev–Trinajstić information content (AvgIpc) is 3.32. The normalized spacial score (nSPS) is 14.1. The maximum atomic E-state index is 13.2. The molecule has 2 heterocycles. The summed E-state index contributed by atoms with van der Waals surface area (Å²) in [5.41, 5.74) is 4.95. The molecule has 0 bridgehead atoms. The molecular weight excluding hydrogens is 433 g/mol. The summed E-state index contributed by atoms with van der Waals surface area (Å²) in [5, 5.41) is 0. The number of halogens is 1. The number of imidazole rings is 1. The Morgan fingerprint density at radius 1 is 1.10 bits per heavy atom. The number of hydrogen-bond acceptors (Lipinski definition) is 4. The molecule has 0 amide bonds. The van der Waals surface area contributed by atoms with Gasteiger partial charge < -0.3 is 0 Å². The van der Waals surface area contributed by atoms with E-state index in [9.17, 15) is 12.8 Å². The molecule has 2 aromatic carbocycles. The van der Waals surface area contributed by atoms with Crippen LogP contribution >= 0.6 is 11.3 Å². The summed E-state index contributed by atoms with van der Waals surface area (Å²) in [5.74, 6) is -0.283. The lowest BCUT2D eigenvalue weighted by Gasteiger charge is -2.16. The molecule has 0 unspecified atom stereocenters. The second-order valence-corrected chi connectivity index (χ2v) is 10.7. The predicted octanol–water partition coefficient (Wildman–Crippen LogP) is 4.87. The van der Waals surface area contributed by atoms with Crippen LogP contribution in [0.2, 0.25) is 0 Å². The SMILES string of the molecule is Cc1c(CNS(=O)(=O)c2ccc3c(c2)CCCC3)sc2nc(-c3ccc(F)cc3)cn12. The lowest BCUT2D eigenvalue weighted by atomic mass is 9.92. The summed E-state index contributed by atoms with van der Waals surface area (Å²) in [6.07, 6.45) is 6.14. The zero-order chi connectivity index (χ0) is 21.6. The quantitative estimate of drug-likeness (QED) is 0.467. The fraction of sp³-hybridized carbons (Fsp3) is 0.261. The van der Waals surface area contributed by atoms with E-state index in [-0.39, 0.29) is 12.4 Å². The molecule has 1 aliphatic rings. The van der Waals surface area contributed by atoms with Crippen LogP contribution in [0, 0.1) is 12.7 Å². The second-order valence-electron chi connectivity index (χ2n) is 7.86. The van der Waals surface area contributed by atoms with Crippen LogP contribution in [0.25, 0.3) is 16.2 Å². The first-order valence-corrected chi connectivity index (χ1v) is 12.6.